The summed E-state index contributed by atoms with van der Waals surface area (Å²) in [7, 11) is 1.76. The van der Waals surface area contributed by atoms with Crippen LogP contribution >= 0.6 is 24.0 Å². The molecule has 2 N–H and O–H groups in total. The van der Waals surface area contributed by atoms with Crippen molar-refractivity contribution in [2.45, 2.75) is 19.6 Å². The van der Waals surface area contributed by atoms with Crippen LogP contribution in [-0.4, -0.2) is 29.4 Å². The molecule has 1 heterocycles. The standard InChI is InChI=1S/C23H27N5O.HI/c1-3-13-29-22-12-8-7-11-21(22)16-26-23(24-2)25-14-20-15-27-28(18-20)17-19-9-5-4-6-10-19;/h3-12,15,18H,1,13-14,16-17H2,2H3,(H2,24,25,26);1H. The average molecular weight is 517 g/mol. The van der Waals surface area contributed by atoms with Gasteiger partial charge in [0.05, 0.1) is 12.7 Å². The molecule has 0 aliphatic heterocycles. The Labute approximate surface area is 195 Å². The maximum atomic E-state index is 5.70. The number of aromatic nitrogens is 2. The van der Waals surface area contributed by atoms with E-state index in [1.54, 1.807) is 13.1 Å². The first-order chi connectivity index (χ1) is 14.3. The van der Waals surface area contributed by atoms with Crippen LogP contribution < -0.4 is 15.4 Å². The van der Waals surface area contributed by atoms with E-state index in [0.29, 0.717) is 19.7 Å². The van der Waals surface area contributed by atoms with E-state index < -0.39 is 0 Å². The largest absolute Gasteiger partial charge is 0.489 e. The van der Waals surface area contributed by atoms with Crippen LogP contribution in [0.1, 0.15) is 16.7 Å². The van der Waals surface area contributed by atoms with Crippen LogP contribution in [0.3, 0.4) is 0 Å². The Bertz CT molecular complexity index is 940. The van der Waals surface area contributed by atoms with Gasteiger partial charge in [-0.05, 0) is 11.6 Å². The van der Waals surface area contributed by atoms with E-state index >= 15 is 0 Å². The number of hydrogen-bond donors (Lipinski definition) is 2. The summed E-state index contributed by atoms with van der Waals surface area (Å²) in [5.74, 6) is 1.57. The fraction of sp³-hybridized carbons (Fsp3) is 0.217. The molecular weight excluding hydrogens is 489 g/mol. The highest BCUT2D eigenvalue weighted by Crippen LogP contribution is 2.17. The number of hydrogen-bond acceptors (Lipinski definition) is 3. The van der Waals surface area contributed by atoms with E-state index in [1.165, 1.54) is 5.56 Å². The molecule has 0 bridgehead atoms. The molecule has 0 radical (unpaired) electrons. The van der Waals surface area contributed by atoms with Gasteiger partial charge in [0, 0.05) is 37.5 Å². The normalized spacial score (nSPS) is 10.8. The summed E-state index contributed by atoms with van der Waals surface area (Å²) in [5.41, 5.74) is 3.39. The Kier molecular flexibility index (Phi) is 9.93. The Hall–Kier alpha value is -2.81. The minimum Gasteiger partial charge on any atom is -0.489 e. The number of guanidine groups is 1. The number of nitrogens with one attached hydrogen (secondary N) is 2. The van der Waals surface area contributed by atoms with Crippen molar-refractivity contribution >= 4 is 29.9 Å². The second-order valence-corrected chi connectivity index (χ2v) is 6.52. The van der Waals surface area contributed by atoms with Crippen LogP contribution in [0.15, 0.2) is 84.6 Å². The molecule has 7 heteroatoms. The maximum Gasteiger partial charge on any atom is 0.191 e. The lowest BCUT2D eigenvalue weighted by Gasteiger charge is -2.14. The number of ether oxygens (including phenoxy) is 1. The summed E-state index contributed by atoms with van der Waals surface area (Å²) in [4.78, 5) is 4.29. The smallest absolute Gasteiger partial charge is 0.191 e. The topological polar surface area (TPSA) is 63.5 Å². The van der Waals surface area contributed by atoms with E-state index in [4.69, 9.17) is 4.74 Å². The van der Waals surface area contributed by atoms with Gasteiger partial charge in [-0.15, -0.1) is 24.0 Å². The van der Waals surface area contributed by atoms with E-state index in [1.807, 2.05) is 59.5 Å². The van der Waals surface area contributed by atoms with Crippen LogP contribution in [0.5, 0.6) is 5.75 Å². The second-order valence-electron chi connectivity index (χ2n) is 6.52. The number of rotatable bonds is 9. The lowest BCUT2D eigenvalue weighted by atomic mass is 10.2. The first kappa shape index (κ1) is 23.5. The van der Waals surface area contributed by atoms with E-state index in [0.717, 1.165) is 29.4 Å². The number of nitrogens with zero attached hydrogens (tertiary/aromatic N) is 3. The molecule has 3 rings (SSSR count). The van der Waals surface area contributed by atoms with Gasteiger partial charge in [0.2, 0.25) is 0 Å². The first-order valence-electron chi connectivity index (χ1n) is 9.60. The molecule has 0 aliphatic carbocycles. The van der Waals surface area contributed by atoms with Gasteiger partial charge in [0.25, 0.3) is 0 Å². The first-order valence-corrected chi connectivity index (χ1v) is 9.60. The third-order valence-corrected chi connectivity index (χ3v) is 4.33. The Morgan fingerprint density at radius 3 is 2.57 bits per heavy atom. The highest BCUT2D eigenvalue weighted by atomic mass is 127. The predicted octanol–water partition coefficient (Wildman–Crippen LogP) is 3.98. The fourth-order valence-electron chi connectivity index (χ4n) is 2.88. The van der Waals surface area contributed by atoms with Crippen molar-refractivity contribution in [2.24, 2.45) is 4.99 Å². The number of para-hydroxylation sites is 1. The van der Waals surface area contributed by atoms with Gasteiger partial charge in [0.15, 0.2) is 5.96 Å². The van der Waals surface area contributed by atoms with Crippen molar-refractivity contribution in [1.29, 1.82) is 0 Å². The third-order valence-electron chi connectivity index (χ3n) is 4.33. The van der Waals surface area contributed by atoms with Gasteiger partial charge in [-0.3, -0.25) is 9.67 Å². The van der Waals surface area contributed by atoms with E-state index in [-0.39, 0.29) is 24.0 Å². The molecule has 0 saturated carbocycles. The predicted molar refractivity (Wildman–Crippen MR) is 132 cm³/mol. The van der Waals surface area contributed by atoms with Crippen molar-refractivity contribution in [3.8, 4) is 5.75 Å². The molecule has 0 aliphatic rings. The fourth-order valence-corrected chi connectivity index (χ4v) is 2.88. The van der Waals surface area contributed by atoms with Crippen LogP contribution in [0.25, 0.3) is 0 Å². The lowest BCUT2D eigenvalue weighted by molar-refractivity contribution is 0.358. The zero-order chi connectivity index (χ0) is 20.3. The summed E-state index contributed by atoms with van der Waals surface area (Å²) < 4.78 is 7.64. The van der Waals surface area contributed by atoms with Gasteiger partial charge in [-0.2, -0.15) is 5.10 Å². The molecule has 0 unspecified atom stereocenters. The van der Waals surface area contributed by atoms with Crippen LogP contribution in [0.2, 0.25) is 0 Å². The van der Waals surface area contributed by atoms with Gasteiger partial charge in [-0.25, -0.2) is 0 Å². The average Bonchev–Trinajstić information content (AvgIpc) is 3.21. The summed E-state index contributed by atoms with van der Waals surface area (Å²) in [6.45, 7) is 6.19. The van der Waals surface area contributed by atoms with Crippen LogP contribution in [-0.2, 0) is 19.6 Å². The zero-order valence-corrected chi connectivity index (χ0v) is 19.5. The summed E-state index contributed by atoms with van der Waals surface area (Å²) >= 11 is 0. The number of halogens is 1. The molecule has 30 heavy (non-hydrogen) atoms. The molecule has 0 spiro atoms. The molecule has 6 nitrogen and oxygen atoms in total. The monoisotopic (exact) mass is 517 g/mol. The molecule has 1 aromatic heterocycles. The SMILES string of the molecule is C=CCOc1ccccc1CNC(=NC)NCc1cnn(Cc2ccccc2)c1.I. The molecule has 3 aromatic rings. The van der Waals surface area contributed by atoms with Gasteiger partial charge >= 0.3 is 0 Å². The lowest BCUT2D eigenvalue weighted by Crippen LogP contribution is -2.36. The minimum atomic E-state index is 0. The van der Waals surface area contributed by atoms with Gasteiger partial charge in [-0.1, -0.05) is 61.2 Å². The van der Waals surface area contributed by atoms with Crippen molar-refractivity contribution < 1.29 is 4.74 Å². The minimum absolute atomic E-state index is 0. The Morgan fingerprint density at radius 1 is 1.07 bits per heavy atom. The summed E-state index contributed by atoms with van der Waals surface area (Å²) in [5, 5.41) is 11.1. The van der Waals surface area contributed by atoms with Crippen LogP contribution in [0, 0.1) is 0 Å². The van der Waals surface area contributed by atoms with Gasteiger partial charge < -0.3 is 15.4 Å². The summed E-state index contributed by atoms with van der Waals surface area (Å²) in [6.07, 6.45) is 5.66. The van der Waals surface area contributed by atoms with Crippen molar-refractivity contribution in [1.82, 2.24) is 20.4 Å². The highest BCUT2D eigenvalue weighted by molar-refractivity contribution is 14.0. The van der Waals surface area contributed by atoms with Crippen molar-refractivity contribution in [3.63, 3.8) is 0 Å². The van der Waals surface area contributed by atoms with E-state index in [9.17, 15) is 0 Å². The van der Waals surface area contributed by atoms with Crippen molar-refractivity contribution in [2.75, 3.05) is 13.7 Å². The molecule has 0 atom stereocenters. The number of aliphatic imine (C=N–C) groups is 1. The molecular formula is C23H28IN5O. The van der Waals surface area contributed by atoms with Crippen LogP contribution in [0.4, 0.5) is 0 Å². The maximum absolute atomic E-state index is 5.70. The summed E-state index contributed by atoms with van der Waals surface area (Å²) in [6, 6.07) is 18.2. The number of benzene rings is 2. The van der Waals surface area contributed by atoms with Gasteiger partial charge in [0.1, 0.15) is 12.4 Å². The molecule has 0 amide bonds. The molecule has 158 valence electrons. The molecule has 2 aromatic carbocycles. The second kappa shape index (κ2) is 12.7. The van der Waals surface area contributed by atoms with E-state index in [2.05, 4.69) is 39.4 Å². The molecule has 0 saturated heterocycles. The Balaban J connectivity index is 0.00000320. The highest BCUT2D eigenvalue weighted by Gasteiger charge is 2.05. The third kappa shape index (κ3) is 7.22. The van der Waals surface area contributed by atoms with Crippen molar-refractivity contribution in [3.05, 3.63) is 96.3 Å². The Morgan fingerprint density at radius 2 is 1.80 bits per heavy atom. The quantitative estimate of drug-likeness (QED) is 0.195. The molecule has 0 fully saturated rings. The zero-order valence-electron chi connectivity index (χ0n) is 17.1.